The van der Waals surface area contributed by atoms with Crippen LogP contribution in [-0.2, 0) is 17.9 Å². The largest absolute Gasteiger partial charge is 0.483 e. The third-order valence-electron chi connectivity index (χ3n) is 4.77. The molecule has 0 saturated carbocycles. The van der Waals surface area contributed by atoms with E-state index < -0.39 is 5.60 Å². The normalized spacial score (nSPS) is 11.7. The van der Waals surface area contributed by atoms with Gasteiger partial charge in [-0.05, 0) is 47.2 Å². The van der Waals surface area contributed by atoms with Crippen LogP contribution < -0.4 is 0 Å². The monoisotopic (exact) mass is 430 g/mol. The van der Waals surface area contributed by atoms with E-state index in [9.17, 15) is 5.11 Å². The highest BCUT2D eigenvalue weighted by Crippen LogP contribution is 2.28. The Kier molecular flexibility index (Phi) is 9.59. The first-order chi connectivity index (χ1) is 14.5. The van der Waals surface area contributed by atoms with E-state index in [-0.39, 0.29) is 12.0 Å². The Hall–Kier alpha value is -2.51. The predicted molar refractivity (Wildman–Crippen MR) is 127 cm³/mol. The van der Waals surface area contributed by atoms with Crippen molar-refractivity contribution in [3.8, 4) is 0 Å². The van der Waals surface area contributed by atoms with Crippen LogP contribution in [0.4, 0.5) is 0 Å². The van der Waals surface area contributed by atoms with E-state index in [4.69, 9.17) is 14.9 Å². The van der Waals surface area contributed by atoms with Crippen molar-refractivity contribution in [2.24, 2.45) is 0 Å². The Morgan fingerprint density at radius 2 is 1.68 bits per heavy atom. The number of rotatable bonds is 5. The molecule has 2 N–H and O–H groups in total. The molecule has 0 spiro atoms. The minimum absolute atomic E-state index is 0.0484. The zero-order valence-electron chi connectivity index (χ0n) is 20.2. The van der Waals surface area contributed by atoms with Gasteiger partial charge >= 0.3 is 0 Å². The summed E-state index contributed by atoms with van der Waals surface area (Å²) in [4.78, 5) is 20.2. The van der Waals surface area contributed by atoms with Crippen molar-refractivity contribution >= 4 is 28.4 Å². The molecule has 0 bridgehead atoms. The summed E-state index contributed by atoms with van der Waals surface area (Å²) in [5.41, 5.74) is 2.11. The number of benzene rings is 1. The van der Waals surface area contributed by atoms with E-state index in [1.165, 1.54) is 0 Å². The summed E-state index contributed by atoms with van der Waals surface area (Å²) in [6.45, 7) is 18.4. The van der Waals surface area contributed by atoms with Gasteiger partial charge in [0.25, 0.3) is 6.47 Å². The van der Waals surface area contributed by atoms with Gasteiger partial charge in [0.1, 0.15) is 11.3 Å². The minimum Gasteiger partial charge on any atom is -0.483 e. The summed E-state index contributed by atoms with van der Waals surface area (Å²) in [6, 6.07) is 8.12. The summed E-state index contributed by atoms with van der Waals surface area (Å²) in [7, 11) is 0. The molecule has 31 heavy (non-hydrogen) atoms. The Morgan fingerprint density at radius 3 is 2.19 bits per heavy atom. The fourth-order valence-electron chi connectivity index (χ4n) is 3.48. The summed E-state index contributed by atoms with van der Waals surface area (Å²) in [5, 5.41) is 18.5. The Morgan fingerprint density at radius 1 is 1.10 bits per heavy atom. The summed E-state index contributed by atoms with van der Waals surface area (Å²) in [5.74, 6) is 0.969. The van der Waals surface area contributed by atoms with E-state index >= 15 is 0 Å². The van der Waals surface area contributed by atoms with Crippen LogP contribution >= 0.6 is 0 Å². The number of carbonyl (C=O) groups is 1. The van der Waals surface area contributed by atoms with Crippen molar-refractivity contribution < 1.29 is 15.0 Å². The highest BCUT2D eigenvalue weighted by molar-refractivity contribution is 6.02. The van der Waals surface area contributed by atoms with E-state index in [0.29, 0.717) is 6.54 Å². The zero-order valence-corrected chi connectivity index (χ0v) is 20.2. The molecule has 2 aromatic heterocycles. The molecular weight excluding hydrogens is 392 g/mol. The van der Waals surface area contributed by atoms with Gasteiger partial charge in [-0.3, -0.25) is 14.7 Å². The second-order valence-electron chi connectivity index (χ2n) is 8.73. The van der Waals surface area contributed by atoms with Gasteiger partial charge in [-0.25, -0.2) is 4.98 Å². The standard InChI is InChI=1S/C21H30N4O.C2H6.CH2O2/c1-7-24(20(2,3)4)13-18-23-17-12-22-16-11-9-8-10-15(16)19(17)25(18)14-21(5,6)26;1-2;2-1-3/h8-12,26H,7,13-14H2,1-6H3;1-2H3;1H,(H,2,3). The van der Waals surface area contributed by atoms with Gasteiger partial charge in [-0.1, -0.05) is 39.0 Å². The van der Waals surface area contributed by atoms with Gasteiger partial charge in [0.05, 0.1) is 35.9 Å². The first-order valence-electron chi connectivity index (χ1n) is 10.8. The van der Waals surface area contributed by atoms with Gasteiger partial charge in [-0.2, -0.15) is 0 Å². The third-order valence-corrected chi connectivity index (χ3v) is 4.77. The average molecular weight is 431 g/mol. The maximum atomic E-state index is 10.5. The highest BCUT2D eigenvalue weighted by Gasteiger charge is 2.25. The molecule has 1 aromatic carbocycles. The molecule has 7 nitrogen and oxygen atoms in total. The SMILES string of the molecule is CC.CCN(Cc1nc2cnc3ccccc3c2n1CC(C)(C)O)C(C)(C)C.O=CO. The number of carboxylic acid groups (broad SMARTS) is 1. The van der Waals surface area contributed by atoms with Crippen LogP contribution in [0.2, 0.25) is 0 Å². The van der Waals surface area contributed by atoms with Crippen LogP contribution in [0.15, 0.2) is 30.5 Å². The molecule has 3 aromatic rings. The van der Waals surface area contributed by atoms with E-state index in [0.717, 1.165) is 40.9 Å². The van der Waals surface area contributed by atoms with Crippen molar-refractivity contribution in [3.63, 3.8) is 0 Å². The van der Waals surface area contributed by atoms with Crippen LogP contribution in [0, 0.1) is 0 Å². The van der Waals surface area contributed by atoms with Crippen molar-refractivity contribution in [1.82, 2.24) is 19.4 Å². The molecule has 2 heterocycles. The number of aromatic nitrogens is 3. The summed E-state index contributed by atoms with van der Waals surface area (Å²) in [6.07, 6.45) is 1.84. The van der Waals surface area contributed by atoms with Crippen LogP contribution in [-0.4, -0.2) is 53.8 Å². The minimum atomic E-state index is -0.828. The van der Waals surface area contributed by atoms with Gasteiger partial charge in [0, 0.05) is 10.9 Å². The second-order valence-corrected chi connectivity index (χ2v) is 8.73. The van der Waals surface area contributed by atoms with Crippen molar-refractivity contribution in [2.45, 2.75) is 79.6 Å². The van der Waals surface area contributed by atoms with Crippen molar-refractivity contribution in [1.29, 1.82) is 0 Å². The lowest BCUT2D eigenvalue weighted by molar-refractivity contribution is -0.122. The lowest BCUT2D eigenvalue weighted by Crippen LogP contribution is -2.41. The van der Waals surface area contributed by atoms with Crippen LogP contribution in [0.5, 0.6) is 0 Å². The molecule has 0 amide bonds. The van der Waals surface area contributed by atoms with Crippen LogP contribution in [0.25, 0.3) is 21.9 Å². The first-order valence-corrected chi connectivity index (χ1v) is 10.8. The number of hydrogen-bond acceptors (Lipinski definition) is 5. The molecule has 0 fully saturated rings. The maximum absolute atomic E-state index is 10.5. The highest BCUT2D eigenvalue weighted by atomic mass is 16.3. The van der Waals surface area contributed by atoms with Gasteiger partial charge in [0.2, 0.25) is 0 Å². The quantitative estimate of drug-likeness (QED) is 0.570. The lowest BCUT2D eigenvalue weighted by atomic mass is 10.1. The van der Waals surface area contributed by atoms with Crippen LogP contribution in [0.1, 0.15) is 61.2 Å². The average Bonchev–Trinajstić information content (AvgIpc) is 3.03. The molecule has 172 valence electrons. The summed E-state index contributed by atoms with van der Waals surface area (Å²) < 4.78 is 2.17. The zero-order chi connectivity index (χ0) is 23.8. The maximum Gasteiger partial charge on any atom is 0.290 e. The second kappa shape index (κ2) is 11.2. The number of pyridine rings is 1. The fraction of sp³-hybridized carbons (Fsp3) is 0.542. The number of imidazole rings is 1. The van der Waals surface area contributed by atoms with E-state index in [1.54, 1.807) is 0 Å². The van der Waals surface area contributed by atoms with Crippen LogP contribution in [0.3, 0.4) is 0 Å². The van der Waals surface area contributed by atoms with Gasteiger partial charge in [-0.15, -0.1) is 0 Å². The molecule has 0 aliphatic heterocycles. The molecule has 7 heteroatoms. The Balaban J connectivity index is 0.000000884. The molecule has 3 rings (SSSR count). The number of aliphatic hydroxyl groups is 1. The van der Waals surface area contributed by atoms with Gasteiger partial charge in [0.15, 0.2) is 0 Å². The number of nitrogens with zero attached hydrogens (tertiary/aromatic N) is 4. The molecule has 0 aliphatic rings. The summed E-state index contributed by atoms with van der Waals surface area (Å²) >= 11 is 0. The fourth-order valence-corrected chi connectivity index (χ4v) is 3.48. The van der Waals surface area contributed by atoms with E-state index in [2.05, 4.69) is 48.2 Å². The molecule has 0 unspecified atom stereocenters. The van der Waals surface area contributed by atoms with Crippen molar-refractivity contribution in [3.05, 3.63) is 36.3 Å². The molecule has 0 aliphatic carbocycles. The topological polar surface area (TPSA) is 91.5 Å². The Labute approximate surface area is 185 Å². The third kappa shape index (κ3) is 7.01. The number of fused-ring (bicyclic) bond motifs is 3. The molecule has 0 radical (unpaired) electrons. The smallest absolute Gasteiger partial charge is 0.290 e. The first kappa shape index (κ1) is 26.5. The Bertz CT molecular complexity index is 969. The molecule has 0 saturated heterocycles. The number of para-hydroxylation sites is 1. The molecular formula is C24H38N4O3. The lowest BCUT2D eigenvalue weighted by Gasteiger charge is -2.34. The van der Waals surface area contributed by atoms with Crippen molar-refractivity contribution in [2.75, 3.05) is 6.54 Å². The predicted octanol–water partition coefficient (Wildman–Crippen LogP) is 4.70. The van der Waals surface area contributed by atoms with E-state index in [1.807, 2.05) is 52.1 Å². The van der Waals surface area contributed by atoms with Gasteiger partial charge < -0.3 is 14.8 Å². The number of hydrogen-bond donors (Lipinski definition) is 2. The molecule has 0 atom stereocenters.